The molecule has 33 heavy (non-hydrogen) atoms. The fourth-order valence-electron chi connectivity index (χ4n) is 3.43. The molecule has 0 atom stereocenters. The van der Waals surface area contributed by atoms with Crippen LogP contribution in [0.3, 0.4) is 0 Å². The van der Waals surface area contributed by atoms with E-state index in [2.05, 4.69) is 24.7 Å². The quantitative estimate of drug-likeness (QED) is 0.334. The molecule has 0 spiro atoms. The Kier molecular flexibility index (Phi) is 5.27. The molecule has 4 aromatic heterocycles. The van der Waals surface area contributed by atoms with Gasteiger partial charge in [-0.15, -0.1) is 0 Å². The van der Waals surface area contributed by atoms with Crippen LogP contribution >= 0.6 is 11.6 Å². The Morgan fingerprint density at radius 1 is 0.909 bits per heavy atom. The van der Waals surface area contributed by atoms with E-state index < -0.39 is 15.8 Å². The highest BCUT2D eigenvalue weighted by molar-refractivity contribution is 7.92. The molecule has 2 N–H and O–H groups in total. The van der Waals surface area contributed by atoms with Gasteiger partial charge in [0.1, 0.15) is 11.5 Å². The second-order valence-corrected chi connectivity index (χ2v) is 9.22. The molecule has 0 unspecified atom stereocenters. The zero-order valence-corrected chi connectivity index (χ0v) is 18.4. The van der Waals surface area contributed by atoms with E-state index in [1.54, 1.807) is 30.9 Å². The third kappa shape index (κ3) is 4.15. The number of aromatic amines is 1. The number of fused-ring (bicyclic) bond motifs is 1. The number of hydrogen-bond acceptors (Lipinski definition) is 5. The summed E-state index contributed by atoms with van der Waals surface area (Å²) in [4.78, 5) is 15.7. The average molecular weight is 480 g/mol. The van der Waals surface area contributed by atoms with E-state index in [9.17, 15) is 12.8 Å². The van der Waals surface area contributed by atoms with Crippen molar-refractivity contribution in [1.82, 2.24) is 19.9 Å². The standard InChI is InChI=1S/C23H15ClFN5O2S/c24-22-21(30-33(31,32)18-3-1-17(25)2-4-18)10-16(11-27-22)15-9-19-20(13-29-23(19)28-12-15)14-5-7-26-8-6-14/h1-13,30H,(H,28,29). The highest BCUT2D eigenvalue weighted by atomic mass is 35.5. The van der Waals surface area contributed by atoms with Gasteiger partial charge in [-0.1, -0.05) is 11.6 Å². The van der Waals surface area contributed by atoms with Crippen molar-refractivity contribution in [3.8, 4) is 22.3 Å². The van der Waals surface area contributed by atoms with E-state index >= 15 is 0 Å². The predicted octanol–water partition coefficient (Wildman–Crippen LogP) is 5.28. The lowest BCUT2D eigenvalue weighted by Gasteiger charge is -2.11. The van der Waals surface area contributed by atoms with E-state index in [0.29, 0.717) is 11.2 Å². The molecule has 7 nitrogen and oxygen atoms in total. The van der Waals surface area contributed by atoms with Crippen molar-refractivity contribution >= 4 is 38.3 Å². The zero-order valence-electron chi connectivity index (χ0n) is 16.8. The monoisotopic (exact) mass is 479 g/mol. The normalized spacial score (nSPS) is 11.6. The molecule has 0 aliphatic rings. The maximum atomic E-state index is 13.2. The van der Waals surface area contributed by atoms with Gasteiger partial charge in [0.05, 0.1) is 10.6 Å². The summed E-state index contributed by atoms with van der Waals surface area (Å²) < 4.78 is 41.0. The van der Waals surface area contributed by atoms with E-state index in [-0.39, 0.29) is 15.7 Å². The van der Waals surface area contributed by atoms with Crippen LogP contribution in [0.25, 0.3) is 33.3 Å². The number of H-pyrrole nitrogens is 1. The Morgan fingerprint density at radius 3 is 2.36 bits per heavy atom. The maximum absolute atomic E-state index is 13.2. The average Bonchev–Trinajstić information content (AvgIpc) is 3.24. The number of nitrogens with one attached hydrogen (secondary N) is 2. The molecule has 10 heteroatoms. The molecule has 0 aliphatic carbocycles. The Labute approximate surface area is 193 Å². The van der Waals surface area contributed by atoms with Crippen LogP contribution in [0, 0.1) is 5.82 Å². The number of hydrogen-bond donors (Lipinski definition) is 2. The Balaban J connectivity index is 1.53. The summed E-state index contributed by atoms with van der Waals surface area (Å²) in [6.07, 6.45) is 8.51. The number of nitrogens with zero attached hydrogens (tertiary/aromatic N) is 3. The van der Waals surface area contributed by atoms with E-state index in [1.165, 1.54) is 12.1 Å². The Morgan fingerprint density at radius 2 is 1.61 bits per heavy atom. The predicted molar refractivity (Wildman–Crippen MR) is 125 cm³/mol. The van der Waals surface area contributed by atoms with Crippen molar-refractivity contribution in [3.05, 3.63) is 90.5 Å². The lowest BCUT2D eigenvalue weighted by molar-refractivity contribution is 0.599. The minimum absolute atomic E-state index is 0.0161. The van der Waals surface area contributed by atoms with Crippen molar-refractivity contribution < 1.29 is 12.8 Å². The van der Waals surface area contributed by atoms with Crippen LogP contribution in [0.5, 0.6) is 0 Å². The Hall–Kier alpha value is -3.82. The molecule has 0 bridgehead atoms. The van der Waals surface area contributed by atoms with Crippen molar-refractivity contribution in [2.24, 2.45) is 0 Å². The lowest BCUT2D eigenvalue weighted by atomic mass is 10.0. The van der Waals surface area contributed by atoms with Gasteiger partial charge in [0.25, 0.3) is 10.0 Å². The van der Waals surface area contributed by atoms with Crippen LogP contribution in [0.1, 0.15) is 0 Å². The summed E-state index contributed by atoms with van der Waals surface area (Å²) >= 11 is 6.16. The first-order chi connectivity index (χ1) is 15.9. The van der Waals surface area contributed by atoms with Gasteiger partial charge in [-0.2, -0.15) is 0 Å². The molecular formula is C23H15ClFN5O2S. The summed E-state index contributed by atoms with van der Waals surface area (Å²) in [5.74, 6) is -0.533. The molecule has 0 aliphatic heterocycles. The molecule has 0 saturated heterocycles. The molecule has 0 amide bonds. The van der Waals surface area contributed by atoms with Gasteiger partial charge in [0.15, 0.2) is 5.15 Å². The second-order valence-electron chi connectivity index (χ2n) is 7.18. The number of aromatic nitrogens is 4. The number of sulfonamides is 1. The van der Waals surface area contributed by atoms with Gasteiger partial charge in [-0.25, -0.2) is 22.8 Å². The van der Waals surface area contributed by atoms with Gasteiger partial charge in [-0.05, 0) is 54.1 Å². The van der Waals surface area contributed by atoms with Gasteiger partial charge < -0.3 is 4.98 Å². The molecule has 164 valence electrons. The molecule has 0 radical (unpaired) electrons. The molecule has 0 fully saturated rings. The summed E-state index contributed by atoms with van der Waals surface area (Å²) in [5, 5.41) is 0.875. The van der Waals surface area contributed by atoms with Gasteiger partial charge in [0.2, 0.25) is 0 Å². The first-order valence-electron chi connectivity index (χ1n) is 9.72. The SMILES string of the molecule is O=S(=O)(Nc1cc(-c2cnc3[nH]cc(-c4ccncc4)c3c2)cnc1Cl)c1ccc(F)cc1. The number of anilines is 1. The number of halogens is 2. The van der Waals surface area contributed by atoms with Crippen LogP contribution in [0.4, 0.5) is 10.1 Å². The fraction of sp³-hybridized carbons (Fsp3) is 0. The first-order valence-corrected chi connectivity index (χ1v) is 11.6. The van der Waals surface area contributed by atoms with E-state index in [0.717, 1.165) is 34.2 Å². The van der Waals surface area contributed by atoms with Crippen molar-refractivity contribution in [2.75, 3.05) is 4.72 Å². The van der Waals surface area contributed by atoms with Gasteiger partial charge in [0, 0.05) is 53.1 Å². The molecule has 4 heterocycles. The van der Waals surface area contributed by atoms with Gasteiger partial charge >= 0.3 is 0 Å². The molecule has 5 rings (SSSR count). The van der Waals surface area contributed by atoms with Crippen molar-refractivity contribution in [1.29, 1.82) is 0 Å². The van der Waals surface area contributed by atoms with Gasteiger partial charge in [-0.3, -0.25) is 9.71 Å². The van der Waals surface area contributed by atoms with Crippen LogP contribution in [-0.2, 0) is 10.0 Å². The highest BCUT2D eigenvalue weighted by Gasteiger charge is 2.18. The largest absolute Gasteiger partial charge is 0.346 e. The number of benzene rings is 1. The molecule has 5 aromatic rings. The summed E-state index contributed by atoms with van der Waals surface area (Å²) in [5.41, 5.74) is 4.10. The second kappa shape index (κ2) is 8.27. The third-order valence-electron chi connectivity index (χ3n) is 5.06. The van der Waals surface area contributed by atoms with E-state index in [1.807, 2.05) is 24.4 Å². The van der Waals surface area contributed by atoms with E-state index in [4.69, 9.17) is 11.6 Å². The highest BCUT2D eigenvalue weighted by Crippen LogP contribution is 2.33. The van der Waals surface area contributed by atoms with Crippen LogP contribution in [0.2, 0.25) is 5.15 Å². The Bertz CT molecular complexity index is 1570. The summed E-state index contributed by atoms with van der Waals surface area (Å²) in [6.45, 7) is 0. The third-order valence-corrected chi connectivity index (χ3v) is 6.75. The summed E-state index contributed by atoms with van der Waals surface area (Å²) in [7, 11) is -3.99. The number of pyridine rings is 3. The van der Waals surface area contributed by atoms with Crippen molar-refractivity contribution in [2.45, 2.75) is 4.90 Å². The van der Waals surface area contributed by atoms with Crippen LogP contribution < -0.4 is 4.72 Å². The minimum atomic E-state index is -3.99. The molecule has 0 saturated carbocycles. The molecule has 1 aromatic carbocycles. The smallest absolute Gasteiger partial charge is 0.261 e. The summed E-state index contributed by atoms with van der Waals surface area (Å²) in [6, 6.07) is 11.8. The fourth-order valence-corrected chi connectivity index (χ4v) is 4.69. The number of rotatable bonds is 5. The van der Waals surface area contributed by atoms with Crippen LogP contribution in [-0.4, -0.2) is 28.4 Å². The zero-order chi connectivity index (χ0) is 23.0. The maximum Gasteiger partial charge on any atom is 0.261 e. The lowest BCUT2D eigenvalue weighted by Crippen LogP contribution is -2.13. The van der Waals surface area contributed by atoms with Crippen LogP contribution in [0.15, 0.2) is 84.4 Å². The van der Waals surface area contributed by atoms with Crippen molar-refractivity contribution in [3.63, 3.8) is 0 Å². The minimum Gasteiger partial charge on any atom is -0.346 e. The molecular weight excluding hydrogens is 465 g/mol. The first kappa shape index (κ1) is 21.0. The topological polar surface area (TPSA) is 101 Å².